The molecule has 16 heavy (non-hydrogen) atoms. The summed E-state index contributed by atoms with van der Waals surface area (Å²) in [6.07, 6.45) is -0.0612. The van der Waals surface area contributed by atoms with Gasteiger partial charge in [-0.05, 0) is 5.92 Å². The smallest absolute Gasteiger partial charge is 0.303 e. The molecule has 1 N–H and O–H groups in total. The number of carbonyl (C=O) groups is 2. The molecule has 1 unspecified atom stereocenters. The zero-order chi connectivity index (χ0) is 12.6. The lowest BCUT2D eigenvalue weighted by Gasteiger charge is -2.17. The topological polar surface area (TPSA) is 105 Å². The van der Waals surface area contributed by atoms with Crippen LogP contribution in [0.1, 0.15) is 19.8 Å². The monoisotopic (exact) mass is 223 g/mol. The molecule has 0 aliphatic rings. The van der Waals surface area contributed by atoms with Gasteiger partial charge in [-0.2, -0.15) is 10.5 Å². The van der Waals surface area contributed by atoms with Gasteiger partial charge in [0.2, 0.25) is 5.91 Å². The van der Waals surface area contributed by atoms with E-state index in [1.54, 1.807) is 19.1 Å². The summed E-state index contributed by atoms with van der Waals surface area (Å²) in [7, 11) is 0. The molecule has 0 rings (SSSR count). The van der Waals surface area contributed by atoms with Gasteiger partial charge >= 0.3 is 5.97 Å². The zero-order valence-electron chi connectivity index (χ0n) is 9.01. The molecule has 1 atom stereocenters. The Morgan fingerprint density at radius 2 is 1.75 bits per heavy atom. The predicted octanol–water partition coefficient (Wildman–Crippen LogP) is 0.363. The van der Waals surface area contributed by atoms with E-state index in [4.69, 9.17) is 15.6 Å². The van der Waals surface area contributed by atoms with Crippen molar-refractivity contribution in [3.63, 3.8) is 0 Å². The van der Waals surface area contributed by atoms with Gasteiger partial charge in [-0.15, -0.1) is 0 Å². The fraction of sp³-hybridized carbons (Fsp3) is 0.600. The first kappa shape index (κ1) is 13.9. The highest BCUT2D eigenvalue weighted by atomic mass is 16.4. The Balaban J connectivity index is 4.25. The lowest BCUT2D eigenvalue weighted by Crippen LogP contribution is -2.33. The molecule has 0 aromatic carbocycles. The van der Waals surface area contributed by atoms with E-state index in [0.717, 1.165) is 4.90 Å². The number of hydrogen-bond acceptors (Lipinski definition) is 4. The average Bonchev–Trinajstić information content (AvgIpc) is 2.15. The van der Waals surface area contributed by atoms with Crippen molar-refractivity contribution in [1.82, 2.24) is 4.90 Å². The normalized spacial score (nSPS) is 10.9. The number of nitrogens with zero attached hydrogens (tertiary/aromatic N) is 3. The third kappa shape index (κ3) is 5.61. The van der Waals surface area contributed by atoms with Crippen LogP contribution < -0.4 is 0 Å². The van der Waals surface area contributed by atoms with Crippen molar-refractivity contribution in [2.45, 2.75) is 19.8 Å². The lowest BCUT2D eigenvalue weighted by atomic mass is 10.0. The molecule has 0 fully saturated rings. The van der Waals surface area contributed by atoms with Gasteiger partial charge in [0.05, 0.1) is 12.1 Å². The van der Waals surface area contributed by atoms with E-state index in [1.807, 2.05) is 0 Å². The quantitative estimate of drug-likeness (QED) is 0.654. The fourth-order valence-corrected chi connectivity index (χ4v) is 1.20. The number of aliphatic carboxylic acids is 1. The first-order chi connectivity index (χ1) is 7.51. The summed E-state index contributed by atoms with van der Waals surface area (Å²) in [5.74, 6) is -1.63. The van der Waals surface area contributed by atoms with Crippen LogP contribution in [0.4, 0.5) is 0 Å². The van der Waals surface area contributed by atoms with E-state index in [9.17, 15) is 9.59 Å². The number of carboxylic acids is 1. The summed E-state index contributed by atoms with van der Waals surface area (Å²) in [6.45, 7) is 1.35. The second kappa shape index (κ2) is 7.24. The Kier molecular flexibility index (Phi) is 6.30. The molecular formula is C10H13N3O3. The van der Waals surface area contributed by atoms with Gasteiger partial charge in [-0.3, -0.25) is 9.59 Å². The third-order valence-corrected chi connectivity index (χ3v) is 1.92. The highest BCUT2D eigenvalue weighted by molar-refractivity contribution is 5.77. The summed E-state index contributed by atoms with van der Waals surface area (Å²) in [6, 6.07) is 3.57. The summed E-state index contributed by atoms with van der Waals surface area (Å²) in [5, 5.41) is 25.4. The molecular weight excluding hydrogens is 210 g/mol. The molecule has 86 valence electrons. The third-order valence-electron chi connectivity index (χ3n) is 1.92. The van der Waals surface area contributed by atoms with Crippen molar-refractivity contribution in [3.8, 4) is 12.1 Å². The van der Waals surface area contributed by atoms with Crippen LogP contribution in [-0.2, 0) is 9.59 Å². The van der Waals surface area contributed by atoms with Crippen LogP contribution in [0, 0.1) is 28.6 Å². The molecule has 0 saturated heterocycles. The highest BCUT2D eigenvalue weighted by Crippen LogP contribution is 2.09. The molecule has 0 aromatic heterocycles. The van der Waals surface area contributed by atoms with Crippen LogP contribution in [0.2, 0.25) is 0 Å². The maximum absolute atomic E-state index is 11.5. The summed E-state index contributed by atoms with van der Waals surface area (Å²) in [5.41, 5.74) is 0. The van der Waals surface area contributed by atoms with Crippen molar-refractivity contribution in [2.24, 2.45) is 5.92 Å². The molecule has 0 saturated carbocycles. The van der Waals surface area contributed by atoms with Gasteiger partial charge in [-0.1, -0.05) is 6.92 Å². The standard InChI is InChI=1S/C10H13N3O3/c1-8(7-10(15)16)6-9(14)13(4-2-11)5-3-12/h8H,4-7H2,1H3,(H,15,16). The van der Waals surface area contributed by atoms with Gasteiger partial charge < -0.3 is 10.0 Å². The van der Waals surface area contributed by atoms with Crippen molar-refractivity contribution in [3.05, 3.63) is 0 Å². The number of carboxylic acid groups (broad SMARTS) is 1. The molecule has 0 heterocycles. The van der Waals surface area contributed by atoms with Gasteiger partial charge in [-0.25, -0.2) is 0 Å². The fourth-order valence-electron chi connectivity index (χ4n) is 1.20. The number of carbonyl (C=O) groups excluding carboxylic acids is 1. The van der Waals surface area contributed by atoms with Gasteiger partial charge in [0, 0.05) is 12.8 Å². The second-order valence-electron chi connectivity index (χ2n) is 3.47. The minimum absolute atomic E-state index is 0.0374. The highest BCUT2D eigenvalue weighted by Gasteiger charge is 2.17. The molecule has 0 aromatic rings. The van der Waals surface area contributed by atoms with E-state index in [1.165, 1.54) is 0 Å². The van der Waals surface area contributed by atoms with E-state index in [2.05, 4.69) is 0 Å². The minimum atomic E-state index is -0.965. The molecule has 6 heteroatoms. The van der Waals surface area contributed by atoms with Crippen molar-refractivity contribution < 1.29 is 14.7 Å². The molecule has 6 nitrogen and oxygen atoms in total. The van der Waals surface area contributed by atoms with Crippen molar-refractivity contribution >= 4 is 11.9 Å². The first-order valence-electron chi connectivity index (χ1n) is 4.74. The Labute approximate surface area is 93.7 Å². The SMILES string of the molecule is CC(CC(=O)O)CC(=O)N(CC#N)CC#N. The summed E-state index contributed by atoms with van der Waals surface area (Å²) >= 11 is 0. The maximum Gasteiger partial charge on any atom is 0.303 e. The molecule has 0 aliphatic heterocycles. The van der Waals surface area contributed by atoms with Crippen LogP contribution >= 0.6 is 0 Å². The molecule has 0 bridgehead atoms. The molecule has 0 aliphatic carbocycles. The molecule has 0 radical (unpaired) electrons. The predicted molar refractivity (Wildman–Crippen MR) is 53.8 cm³/mol. The van der Waals surface area contributed by atoms with Crippen molar-refractivity contribution in [2.75, 3.05) is 13.1 Å². The lowest BCUT2D eigenvalue weighted by molar-refractivity contribution is -0.138. The Bertz CT molecular complexity index is 324. The van der Waals surface area contributed by atoms with Gasteiger partial charge in [0.15, 0.2) is 0 Å². The van der Waals surface area contributed by atoms with Gasteiger partial charge in [0.25, 0.3) is 0 Å². The van der Waals surface area contributed by atoms with Crippen LogP contribution in [-0.4, -0.2) is 35.0 Å². The first-order valence-corrected chi connectivity index (χ1v) is 4.74. The number of hydrogen-bond donors (Lipinski definition) is 1. The summed E-state index contributed by atoms with van der Waals surface area (Å²) < 4.78 is 0. The Morgan fingerprint density at radius 3 is 2.12 bits per heavy atom. The average molecular weight is 223 g/mol. The summed E-state index contributed by atoms with van der Waals surface area (Å²) in [4.78, 5) is 23.0. The molecule has 0 spiro atoms. The Hall–Kier alpha value is -2.08. The van der Waals surface area contributed by atoms with Crippen LogP contribution in [0.25, 0.3) is 0 Å². The number of rotatable bonds is 6. The zero-order valence-corrected chi connectivity index (χ0v) is 9.01. The van der Waals surface area contributed by atoms with E-state index in [-0.39, 0.29) is 37.8 Å². The number of nitriles is 2. The maximum atomic E-state index is 11.5. The van der Waals surface area contributed by atoms with E-state index < -0.39 is 5.97 Å². The largest absolute Gasteiger partial charge is 0.481 e. The van der Waals surface area contributed by atoms with Gasteiger partial charge in [0.1, 0.15) is 13.1 Å². The molecule has 1 amide bonds. The van der Waals surface area contributed by atoms with E-state index in [0.29, 0.717) is 0 Å². The van der Waals surface area contributed by atoms with Crippen LogP contribution in [0.5, 0.6) is 0 Å². The Morgan fingerprint density at radius 1 is 1.25 bits per heavy atom. The number of amides is 1. The van der Waals surface area contributed by atoms with Crippen LogP contribution in [0.15, 0.2) is 0 Å². The van der Waals surface area contributed by atoms with E-state index >= 15 is 0 Å². The van der Waals surface area contributed by atoms with Crippen LogP contribution in [0.3, 0.4) is 0 Å². The second-order valence-corrected chi connectivity index (χ2v) is 3.47. The van der Waals surface area contributed by atoms with Crippen molar-refractivity contribution in [1.29, 1.82) is 10.5 Å². The minimum Gasteiger partial charge on any atom is -0.481 e.